The lowest BCUT2D eigenvalue weighted by Gasteiger charge is -2.26. The van der Waals surface area contributed by atoms with Gasteiger partial charge in [-0.05, 0) is 43.5 Å². The quantitative estimate of drug-likeness (QED) is 0.367. The van der Waals surface area contributed by atoms with Crippen molar-refractivity contribution in [2.75, 3.05) is 52.9 Å². The Morgan fingerprint density at radius 3 is 2.57 bits per heavy atom. The van der Waals surface area contributed by atoms with Crippen LogP contribution in [0.5, 0.6) is 0 Å². The number of nitrogens with zero attached hydrogens (tertiary/aromatic N) is 3. The normalized spacial score (nSPS) is 18.9. The number of halogens is 4. The van der Waals surface area contributed by atoms with Gasteiger partial charge in [-0.2, -0.15) is 13.2 Å². The van der Waals surface area contributed by atoms with Crippen LogP contribution in [-0.2, 0) is 4.74 Å². The Morgan fingerprint density at radius 1 is 1.30 bits per heavy atom. The second kappa shape index (κ2) is 11.5. The van der Waals surface area contributed by atoms with Crippen molar-refractivity contribution >= 4 is 5.96 Å². The maximum atomic E-state index is 13.2. The Morgan fingerprint density at radius 2 is 2.00 bits per heavy atom. The molecule has 1 N–H and O–H groups in total. The van der Waals surface area contributed by atoms with Crippen LogP contribution in [0, 0.1) is 11.7 Å². The van der Waals surface area contributed by atoms with Crippen molar-refractivity contribution in [1.29, 1.82) is 0 Å². The zero-order chi connectivity index (χ0) is 22.1. The molecule has 0 spiro atoms. The molecule has 1 heterocycles. The minimum atomic E-state index is -4.18. The molecule has 1 aromatic rings. The first-order chi connectivity index (χ1) is 14.3. The molecular formula is C21H32F4N4O. The van der Waals surface area contributed by atoms with Crippen LogP contribution in [0.3, 0.4) is 0 Å². The van der Waals surface area contributed by atoms with E-state index in [2.05, 4.69) is 15.2 Å². The fraction of sp³-hybridized carbons (Fsp3) is 0.667. The summed E-state index contributed by atoms with van der Waals surface area (Å²) in [4.78, 5) is 8.22. The van der Waals surface area contributed by atoms with Crippen molar-refractivity contribution in [3.63, 3.8) is 0 Å². The van der Waals surface area contributed by atoms with Crippen molar-refractivity contribution in [3.05, 3.63) is 35.6 Å². The Hall–Kier alpha value is -1.87. The molecule has 1 fully saturated rings. The van der Waals surface area contributed by atoms with E-state index in [1.165, 1.54) is 17.0 Å². The highest BCUT2D eigenvalue weighted by Crippen LogP contribution is 2.22. The third kappa shape index (κ3) is 7.75. The van der Waals surface area contributed by atoms with E-state index in [4.69, 9.17) is 4.74 Å². The first kappa shape index (κ1) is 24.4. The van der Waals surface area contributed by atoms with Crippen LogP contribution in [0.4, 0.5) is 17.6 Å². The molecular weight excluding hydrogens is 400 g/mol. The lowest BCUT2D eigenvalue weighted by atomic mass is 10.1. The van der Waals surface area contributed by atoms with Crippen molar-refractivity contribution in [2.45, 2.75) is 32.5 Å². The molecule has 170 valence electrons. The van der Waals surface area contributed by atoms with Gasteiger partial charge in [-0.15, -0.1) is 0 Å². The Labute approximate surface area is 176 Å². The molecule has 9 heteroatoms. The number of alkyl halides is 3. The second-order valence-corrected chi connectivity index (χ2v) is 7.51. The summed E-state index contributed by atoms with van der Waals surface area (Å²) in [7, 11) is 1.59. The average molecular weight is 433 g/mol. The molecule has 2 rings (SSSR count). The Balaban J connectivity index is 1.99. The SMILES string of the molecule is CCNC(=NCC(OC)c1ccc(F)cc1)N1CCC(CN(CC)CC(F)(F)F)C1. The Kier molecular flexibility index (Phi) is 9.36. The van der Waals surface area contributed by atoms with E-state index >= 15 is 0 Å². The highest BCUT2D eigenvalue weighted by molar-refractivity contribution is 5.80. The topological polar surface area (TPSA) is 40.1 Å². The predicted octanol–water partition coefficient (Wildman–Crippen LogP) is 3.68. The fourth-order valence-electron chi connectivity index (χ4n) is 3.69. The third-order valence-electron chi connectivity index (χ3n) is 5.22. The molecule has 0 radical (unpaired) electrons. The summed E-state index contributed by atoms with van der Waals surface area (Å²) >= 11 is 0. The van der Waals surface area contributed by atoms with E-state index in [9.17, 15) is 17.6 Å². The zero-order valence-electron chi connectivity index (χ0n) is 17.9. The summed E-state index contributed by atoms with van der Waals surface area (Å²) in [5.41, 5.74) is 0.837. The van der Waals surface area contributed by atoms with Crippen LogP contribution in [0.2, 0.25) is 0 Å². The molecule has 0 aromatic heterocycles. The molecule has 0 bridgehead atoms. The number of methoxy groups -OCH3 is 1. The van der Waals surface area contributed by atoms with E-state index < -0.39 is 12.7 Å². The smallest absolute Gasteiger partial charge is 0.375 e. The van der Waals surface area contributed by atoms with Gasteiger partial charge >= 0.3 is 6.18 Å². The first-order valence-corrected chi connectivity index (χ1v) is 10.4. The fourth-order valence-corrected chi connectivity index (χ4v) is 3.69. The van der Waals surface area contributed by atoms with Crippen LogP contribution < -0.4 is 5.32 Å². The van der Waals surface area contributed by atoms with Crippen LogP contribution in [-0.4, -0.2) is 74.9 Å². The summed E-state index contributed by atoms with van der Waals surface area (Å²) in [6.07, 6.45) is -3.66. The summed E-state index contributed by atoms with van der Waals surface area (Å²) in [6, 6.07) is 6.14. The van der Waals surface area contributed by atoms with Gasteiger partial charge < -0.3 is 15.0 Å². The summed E-state index contributed by atoms with van der Waals surface area (Å²) < 4.78 is 56.9. The number of nitrogens with one attached hydrogen (secondary N) is 1. The Bertz CT molecular complexity index is 666. The number of benzene rings is 1. The average Bonchev–Trinajstić information content (AvgIpc) is 3.15. The minimum absolute atomic E-state index is 0.159. The van der Waals surface area contributed by atoms with Gasteiger partial charge in [0.1, 0.15) is 11.9 Å². The van der Waals surface area contributed by atoms with Crippen LogP contribution in [0.15, 0.2) is 29.3 Å². The molecule has 1 aliphatic rings. The minimum Gasteiger partial charge on any atom is -0.375 e. The van der Waals surface area contributed by atoms with Gasteiger partial charge in [-0.25, -0.2) is 4.39 Å². The molecule has 1 aliphatic heterocycles. The van der Waals surface area contributed by atoms with E-state index in [0.29, 0.717) is 32.7 Å². The molecule has 0 amide bonds. The number of hydrogen-bond acceptors (Lipinski definition) is 3. The number of likely N-dealkylation sites (tertiary alicyclic amines) is 1. The number of aliphatic imine (C=N–C) groups is 1. The van der Waals surface area contributed by atoms with Gasteiger partial charge in [0.2, 0.25) is 0 Å². The number of rotatable bonds is 9. The predicted molar refractivity (Wildman–Crippen MR) is 110 cm³/mol. The van der Waals surface area contributed by atoms with E-state index in [1.807, 2.05) is 6.92 Å². The molecule has 1 saturated heterocycles. The molecule has 1 aromatic carbocycles. The highest BCUT2D eigenvalue weighted by atomic mass is 19.4. The third-order valence-corrected chi connectivity index (χ3v) is 5.22. The highest BCUT2D eigenvalue weighted by Gasteiger charge is 2.33. The summed E-state index contributed by atoms with van der Waals surface area (Å²) in [5.74, 6) is 0.578. The maximum absolute atomic E-state index is 13.2. The molecule has 2 atom stereocenters. The van der Waals surface area contributed by atoms with E-state index in [1.54, 1.807) is 26.2 Å². The lowest BCUT2D eigenvalue weighted by molar-refractivity contribution is -0.146. The maximum Gasteiger partial charge on any atom is 0.401 e. The second-order valence-electron chi connectivity index (χ2n) is 7.51. The molecule has 5 nitrogen and oxygen atoms in total. The first-order valence-electron chi connectivity index (χ1n) is 10.4. The van der Waals surface area contributed by atoms with Crippen LogP contribution in [0.25, 0.3) is 0 Å². The number of guanidine groups is 1. The van der Waals surface area contributed by atoms with E-state index in [0.717, 1.165) is 24.5 Å². The standard InChI is InChI=1S/C21H32F4N4O/c1-4-26-20(27-12-19(30-3)17-6-8-18(22)9-7-17)29-11-10-16(14-29)13-28(5-2)15-21(23,24)25/h6-9,16,19H,4-5,10-15H2,1-3H3,(H,26,27). The van der Waals surface area contributed by atoms with Gasteiger partial charge in [-0.1, -0.05) is 19.1 Å². The van der Waals surface area contributed by atoms with Crippen molar-refractivity contribution in [1.82, 2.24) is 15.1 Å². The van der Waals surface area contributed by atoms with Crippen LogP contribution >= 0.6 is 0 Å². The number of ether oxygens (including phenoxy) is 1. The van der Waals surface area contributed by atoms with Gasteiger partial charge in [0.15, 0.2) is 5.96 Å². The lowest BCUT2D eigenvalue weighted by Crippen LogP contribution is -2.42. The van der Waals surface area contributed by atoms with E-state index in [-0.39, 0.29) is 17.8 Å². The zero-order valence-corrected chi connectivity index (χ0v) is 17.9. The van der Waals surface area contributed by atoms with Crippen molar-refractivity contribution < 1.29 is 22.3 Å². The van der Waals surface area contributed by atoms with Gasteiger partial charge in [-0.3, -0.25) is 9.89 Å². The van der Waals surface area contributed by atoms with Gasteiger partial charge in [0, 0.05) is 33.3 Å². The molecule has 30 heavy (non-hydrogen) atoms. The van der Waals surface area contributed by atoms with Crippen molar-refractivity contribution in [2.24, 2.45) is 10.9 Å². The number of hydrogen-bond donors (Lipinski definition) is 1. The van der Waals surface area contributed by atoms with Crippen LogP contribution in [0.1, 0.15) is 31.9 Å². The molecule has 0 saturated carbocycles. The summed E-state index contributed by atoms with van der Waals surface area (Å²) in [5, 5.41) is 3.26. The van der Waals surface area contributed by atoms with Crippen molar-refractivity contribution in [3.8, 4) is 0 Å². The molecule has 0 aliphatic carbocycles. The molecule has 2 unspecified atom stereocenters. The van der Waals surface area contributed by atoms with Gasteiger partial charge in [0.25, 0.3) is 0 Å². The van der Waals surface area contributed by atoms with Gasteiger partial charge in [0.05, 0.1) is 13.1 Å². The summed E-state index contributed by atoms with van der Waals surface area (Å²) in [6.45, 7) is 6.09. The largest absolute Gasteiger partial charge is 0.401 e. The monoisotopic (exact) mass is 432 g/mol.